The molecule has 0 atom stereocenters. The van der Waals surface area contributed by atoms with E-state index in [-0.39, 0.29) is 11.1 Å². The van der Waals surface area contributed by atoms with Gasteiger partial charge in [0.1, 0.15) is 11.9 Å². The van der Waals surface area contributed by atoms with Crippen molar-refractivity contribution in [2.45, 2.75) is 63.7 Å². The summed E-state index contributed by atoms with van der Waals surface area (Å²) in [5, 5.41) is 8.77. The molecule has 0 bridgehead atoms. The Morgan fingerprint density at radius 1 is 1.00 bits per heavy atom. The maximum Gasteiger partial charge on any atom is 0.254 e. The number of hydrogen-bond acceptors (Lipinski definition) is 1. The molecule has 0 heterocycles. The average Bonchev–Trinajstić information content (AvgIpc) is 2.69. The highest BCUT2D eigenvalue weighted by Gasteiger charge is 2.41. The van der Waals surface area contributed by atoms with E-state index >= 15 is 0 Å². The molecule has 1 fully saturated rings. The van der Waals surface area contributed by atoms with Crippen LogP contribution in [0.4, 0.5) is 13.2 Å². The maximum absolute atomic E-state index is 14.8. The molecule has 1 saturated carbocycles. The molecule has 28 heavy (non-hydrogen) atoms. The van der Waals surface area contributed by atoms with Gasteiger partial charge in [0.2, 0.25) is 0 Å². The van der Waals surface area contributed by atoms with Crippen LogP contribution < -0.4 is 0 Å². The minimum Gasteiger partial charge on any atom is -0.206 e. The Morgan fingerprint density at radius 3 is 2.21 bits per heavy atom. The van der Waals surface area contributed by atoms with Crippen molar-refractivity contribution < 1.29 is 13.2 Å². The molecule has 3 rings (SSSR count). The second kappa shape index (κ2) is 8.82. The number of aryl methyl sites for hydroxylation is 1. The molecule has 0 amide bonds. The summed E-state index contributed by atoms with van der Waals surface area (Å²) in [5.74, 6) is -3.93. The van der Waals surface area contributed by atoms with Gasteiger partial charge in [0.05, 0.1) is 5.56 Å². The van der Waals surface area contributed by atoms with Crippen LogP contribution in [0.1, 0.15) is 67.2 Å². The van der Waals surface area contributed by atoms with E-state index in [4.69, 9.17) is 5.26 Å². The van der Waals surface area contributed by atoms with Crippen molar-refractivity contribution in [3.05, 3.63) is 70.5 Å². The summed E-state index contributed by atoms with van der Waals surface area (Å²) in [6.45, 7) is 2.15. The van der Waals surface area contributed by atoms with Crippen LogP contribution >= 0.6 is 0 Å². The summed E-state index contributed by atoms with van der Waals surface area (Å²) in [6.07, 6.45) is 4.18. The smallest absolute Gasteiger partial charge is 0.206 e. The van der Waals surface area contributed by atoms with Gasteiger partial charge >= 0.3 is 0 Å². The zero-order chi connectivity index (χ0) is 20.1. The first-order valence-electron chi connectivity index (χ1n) is 10.1. The first-order valence-corrected chi connectivity index (χ1v) is 10.1. The van der Waals surface area contributed by atoms with Crippen molar-refractivity contribution in [2.75, 3.05) is 0 Å². The molecule has 148 valence electrons. The van der Waals surface area contributed by atoms with Gasteiger partial charge in [-0.3, -0.25) is 0 Å². The van der Waals surface area contributed by atoms with E-state index in [1.807, 2.05) is 0 Å². The third-order valence-electron chi connectivity index (χ3n) is 5.91. The Hall–Kier alpha value is -2.28. The van der Waals surface area contributed by atoms with Crippen LogP contribution in [-0.2, 0) is 12.8 Å². The minimum atomic E-state index is -2.86. The first-order chi connectivity index (χ1) is 13.4. The lowest BCUT2D eigenvalue weighted by molar-refractivity contribution is -0.0715. The predicted octanol–water partition coefficient (Wildman–Crippen LogP) is 6.80. The third kappa shape index (κ3) is 4.76. The highest BCUT2D eigenvalue weighted by atomic mass is 19.3. The fraction of sp³-hybridized carbons (Fsp3) is 0.458. The molecular formula is C24H26F3N. The largest absolute Gasteiger partial charge is 0.254 e. The SMILES string of the molecule is CCCc1ccc(C2CCC(C(F)(F)Cc3ccc(C#N)c(F)c3)CC2)cc1. The van der Waals surface area contributed by atoms with Gasteiger partial charge in [0, 0.05) is 12.3 Å². The van der Waals surface area contributed by atoms with Crippen LogP contribution in [0.5, 0.6) is 0 Å². The molecule has 0 unspecified atom stereocenters. The number of nitrogens with zero attached hydrogens (tertiary/aromatic N) is 1. The van der Waals surface area contributed by atoms with Crippen LogP contribution in [0.2, 0.25) is 0 Å². The monoisotopic (exact) mass is 385 g/mol. The average molecular weight is 385 g/mol. The summed E-state index contributed by atoms with van der Waals surface area (Å²) in [5.41, 5.74) is 2.70. The van der Waals surface area contributed by atoms with Gasteiger partial charge in [-0.05, 0) is 66.8 Å². The zero-order valence-corrected chi connectivity index (χ0v) is 16.2. The van der Waals surface area contributed by atoms with Crippen LogP contribution in [0, 0.1) is 23.1 Å². The summed E-state index contributed by atoms with van der Waals surface area (Å²) < 4.78 is 43.3. The molecule has 1 aliphatic rings. The molecule has 0 N–H and O–H groups in total. The molecule has 4 heteroatoms. The lowest BCUT2D eigenvalue weighted by Gasteiger charge is -2.34. The van der Waals surface area contributed by atoms with Crippen molar-refractivity contribution in [2.24, 2.45) is 5.92 Å². The summed E-state index contributed by atoms with van der Waals surface area (Å²) in [7, 11) is 0. The Bertz CT molecular complexity index is 828. The molecule has 1 nitrogen and oxygen atoms in total. The van der Waals surface area contributed by atoms with Gasteiger partial charge in [-0.1, -0.05) is 43.7 Å². The third-order valence-corrected chi connectivity index (χ3v) is 5.91. The fourth-order valence-corrected chi connectivity index (χ4v) is 4.27. The van der Waals surface area contributed by atoms with E-state index in [2.05, 4.69) is 31.2 Å². The van der Waals surface area contributed by atoms with Gasteiger partial charge in [-0.2, -0.15) is 5.26 Å². The molecular weight excluding hydrogens is 359 g/mol. The number of alkyl halides is 2. The molecule has 0 saturated heterocycles. The van der Waals surface area contributed by atoms with E-state index in [0.717, 1.165) is 31.7 Å². The van der Waals surface area contributed by atoms with E-state index in [0.29, 0.717) is 18.8 Å². The number of hydrogen-bond donors (Lipinski definition) is 0. The maximum atomic E-state index is 14.8. The molecule has 0 spiro atoms. The number of nitriles is 1. The predicted molar refractivity (Wildman–Crippen MR) is 105 cm³/mol. The fourth-order valence-electron chi connectivity index (χ4n) is 4.27. The van der Waals surface area contributed by atoms with E-state index in [9.17, 15) is 13.2 Å². The molecule has 0 aliphatic heterocycles. The van der Waals surface area contributed by atoms with Crippen LogP contribution in [-0.4, -0.2) is 5.92 Å². The number of halogens is 3. The first kappa shape index (κ1) is 20.5. The lowest BCUT2D eigenvalue weighted by Crippen LogP contribution is -2.33. The van der Waals surface area contributed by atoms with Gasteiger partial charge in [0.25, 0.3) is 5.92 Å². The Kier molecular flexibility index (Phi) is 6.44. The van der Waals surface area contributed by atoms with Crippen molar-refractivity contribution in [3.8, 4) is 6.07 Å². The van der Waals surface area contributed by atoms with Crippen LogP contribution in [0.3, 0.4) is 0 Å². The minimum absolute atomic E-state index is 0.113. The number of benzene rings is 2. The highest BCUT2D eigenvalue weighted by molar-refractivity contribution is 5.34. The Morgan fingerprint density at radius 2 is 1.64 bits per heavy atom. The van der Waals surface area contributed by atoms with Crippen molar-refractivity contribution >= 4 is 0 Å². The second-order valence-corrected chi connectivity index (χ2v) is 7.90. The lowest BCUT2D eigenvalue weighted by atomic mass is 9.75. The van der Waals surface area contributed by atoms with Crippen LogP contribution in [0.15, 0.2) is 42.5 Å². The van der Waals surface area contributed by atoms with E-state index in [1.54, 1.807) is 6.07 Å². The highest BCUT2D eigenvalue weighted by Crippen LogP contribution is 2.43. The van der Waals surface area contributed by atoms with Crippen molar-refractivity contribution in [3.63, 3.8) is 0 Å². The Balaban J connectivity index is 1.60. The normalized spacial score (nSPS) is 20.0. The van der Waals surface area contributed by atoms with Gasteiger partial charge < -0.3 is 0 Å². The van der Waals surface area contributed by atoms with E-state index < -0.39 is 24.1 Å². The standard InChI is InChI=1S/C24H26F3N/c1-2-3-17-4-7-19(8-5-17)20-10-12-22(13-11-20)24(26,27)15-18-6-9-21(16-28)23(25)14-18/h4-9,14,20,22H,2-3,10-13,15H2,1H3. The summed E-state index contributed by atoms with van der Waals surface area (Å²) in [4.78, 5) is 0. The van der Waals surface area contributed by atoms with Gasteiger partial charge in [-0.25, -0.2) is 13.2 Å². The topological polar surface area (TPSA) is 23.8 Å². The Labute approximate surface area is 165 Å². The van der Waals surface area contributed by atoms with Crippen molar-refractivity contribution in [1.29, 1.82) is 5.26 Å². The molecule has 2 aromatic rings. The second-order valence-electron chi connectivity index (χ2n) is 7.90. The van der Waals surface area contributed by atoms with Crippen molar-refractivity contribution in [1.82, 2.24) is 0 Å². The summed E-state index contributed by atoms with van der Waals surface area (Å²) >= 11 is 0. The van der Waals surface area contributed by atoms with Gasteiger partial charge in [-0.15, -0.1) is 0 Å². The van der Waals surface area contributed by atoms with E-state index in [1.165, 1.54) is 23.3 Å². The number of rotatable bonds is 6. The van der Waals surface area contributed by atoms with Gasteiger partial charge in [0.15, 0.2) is 0 Å². The zero-order valence-electron chi connectivity index (χ0n) is 16.2. The summed E-state index contributed by atoms with van der Waals surface area (Å²) in [6, 6.07) is 14.1. The molecule has 0 aromatic heterocycles. The quantitative estimate of drug-likeness (QED) is 0.536. The molecule has 0 radical (unpaired) electrons. The van der Waals surface area contributed by atoms with Crippen LogP contribution in [0.25, 0.3) is 0 Å². The molecule has 2 aromatic carbocycles. The molecule has 1 aliphatic carbocycles.